The van der Waals surface area contributed by atoms with Gasteiger partial charge in [0.2, 0.25) is 0 Å². The van der Waals surface area contributed by atoms with Crippen LogP contribution < -0.4 is 0 Å². The monoisotopic (exact) mass is 291 g/mol. The largest absolute Gasteiger partial charge is 0.478 e. The summed E-state index contributed by atoms with van der Waals surface area (Å²) >= 11 is 0. The zero-order valence-electron chi connectivity index (χ0n) is 12.4. The van der Waals surface area contributed by atoms with Crippen LogP contribution in [0, 0.1) is 0 Å². The van der Waals surface area contributed by atoms with E-state index >= 15 is 0 Å². The first-order chi connectivity index (χ1) is 10.6. The summed E-state index contributed by atoms with van der Waals surface area (Å²) in [5.41, 5.74) is 4.56. The number of aromatic nitrogens is 1. The van der Waals surface area contributed by atoms with E-state index in [1.165, 1.54) is 5.57 Å². The third kappa shape index (κ3) is 2.93. The number of carboxylic acids is 1. The van der Waals surface area contributed by atoms with E-state index in [0.717, 1.165) is 23.2 Å². The Bertz CT molecular complexity index is 806. The van der Waals surface area contributed by atoms with Crippen LogP contribution in [0.1, 0.15) is 23.7 Å². The fraction of sp³-hybridized carbons (Fsp3) is 0.105. The molecule has 110 valence electrons. The van der Waals surface area contributed by atoms with Crippen LogP contribution in [0.15, 0.2) is 72.6 Å². The zero-order valence-corrected chi connectivity index (χ0v) is 12.4. The molecule has 0 spiro atoms. The van der Waals surface area contributed by atoms with Crippen molar-refractivity contribution >= 4 is 11.7 Å². The quantitative estimate of drug-likeness (QED) is 0.898. The van der Waals surface area contributed by atoms with Gasteiger partial charge in [-0.05, 0) is 54.3 Å². The number of carboxylic acid groups (broad SMARTS) is 1. The molecule has 3 rings (SSSR count). The third-order valence-electron chi connectivity index (χ3n) is 3.65. The van der Waals surface area contributed by atoms with Gasteiger partial charge in [-0.25, -0.2) is 4.79 Å². The Hall–Kier alpha value is -2.81. The Labute approximate surface area is 129 Å². The molecule has 0 amide bonds. The maximum Gasteiger partial charge on any atom is 0.335 e. The fourth-order valence-electron chi connectivity index (χ4n) is 2.52. The zero-order chi connectivity index (χ0) is 15.5. The van der Waals surface area contributed by atoms with Crippen molar-refractivity contribution in [3.63, 3.8) is 0 Å². The first-order valence-electron chi connectivity index (χ1n) is 7.20. The topological polar surface area (TPSA) is 42.2 Å². The lowest BCUT2D eigenvalue weighted by molar-refractivity contribution is 0.0697. The predicted molar refractivity (Wildman–Crippen MR) is 88.6 cm³/mol. The van der Waals surface area contributed by atoms with E-state index in [0.29, 0.717) is 5.56 Å². The number of allylic oxidation sites excluding steroid dienone is 6. The Kier molecular flexibility index (Phi) is 3.79. The molecule has 0 aliphatic heterocycles. The second-order valence-electron chi connectivity index (χ2n) is 5.35. The molecule has 0 fully saturated rings. The summed E-state index contributed by atoms with van der Waals surface area (Å²) in [5.74, 6) is -0.905. The van der Waals surface area contributed by atoms with Crippen LogP contribution in [0.4, 0.5) is 0 Å². The number of nitrogens with zero attached hydrogens (tertiary/aromatic N) is 1. The fourth-order valence-corrected chi connectivity index (χ4v) is 2.52. The molecule has 3 nitrogen and oxygen atoms in total. The number of hydrogen-bond donors (Lipinski definition) is 1. The van der Waals surface area contributed by atoms with Crippen LogP contribution in [0.25, 0.3) is 16.8 Å². The van der Waals surface area contributed by atoms with E-state index in [9.17, 15) is 4.79 Å². The third-order valence-corrected chi connectivity index (χ3v) is 3.65. The molecule has 1 N–H and O–H groups in total. The summed E-state index contributed by atoms with van der Waals surface area (Å²) in [6, 6.07) is 9.01. The van der Waals surface area contributed by atoms with Gasteiger partial charge < -0.3 is 9.67 Å². The molecule has 22 heavy (non-hydrogen) atoms. The van der Waals surface area contributed by atoms with Crippen LogP contribution in [0.5, 0.6) is 0 Å². The summed E-state index contributed by atoms with van der Waals surface area (Å²) < 4.78 is 2.07. The average molecular weight is 291 g/mol. The van der Waals surface area contributed by atoms with Gasteiger partial charge in [0.05, 0.1) is 5.56 Å². The minimum absolute atomic E-state index is 0.305. The molecule has 0 saturated carbocycles. The van der Waals surface area contributed by atoms with Gasteiger partial charge in [-0.2, -0.15) is 0 Å². The normalized spacial score (nSPS) is 14.2. The molecule has 1 aliphatic carbocycles. The molecule has 1 heterocycles. The second kappa shape index (κ2) is 5.90. The van der Waals surface area contributed by atoms with Gasteiger partial charge in [-0.1, -0.05) is 30.4 Å². The lowest BCUT2D eigenvalue weighted by Gasteiger charge is -2.04. The van der Waals surface area contributed by atoms with Crippen molar-refractivity contribution in [3.8, 4) is 11.1 Å². The van der Waals surface area contributed by atoms with Gasteiger partial charge in [0.15, 0.2) is 0 Å². The van der Waals surface area contributed by atoms with Crippen molar-refractivity contribution in [2.45, 2.75) is 13.3 Å². The first kappa shape index (κ1) is 14.1. The molecular formula is C19H17NO2. The Balaban J connectivity index is 1.94. The van der Waals surface area contributed by atoms with Crippen molar-refractivity contribution in [1.82, 2.24) is 4.57 Å². The van der Waals surface area contributed by atoms with Gasteiger partial charge in [0, 0.05) is 18.1 Å². The molecule has 2 aromatic rings. The minimum atomic E-state index is -0.905. The lowest BCUT2D eigenvalue weighted by atomic mass is 10.1. The molecule has 0 atom stereocenters. The summed E-state index contributed by atoms with van der Waals surface area (Å²) in [4.78, 5) is 11.1. The smallest absolute Gasteiger partial charge is 0.335 e. The van der Waals surface area contributed by atoms with E-state index in [-0.39, 0.29) is 0 Å². The van der Waals surface area contributed by atoms with Gasteiger partial charge in [0.25, 0.3) is 0 Å². The van der Waals surface area contributed by atoms with Crippen molar-refractivity contribution in [2.75, 3.05) is 0 Å². The predicted octanol–water partition coefficient (Wildman–Crippen LogP) is 4.60. The molecule has 1 aliphatic rings. The summed E-state index contributed by atoms with van der Waals surface area (Å²) in [6.07, 6.45) is 13.5. The molecule has 0 bridgehead atoms. The summed E-state index contributed by atoms with van der Waals surface area (Å²) in [7, 11) is 0. The van der Waals surface area contributed by atoms with Crippen LogP contribution in [0.3, 0.4) is 0 Å². The maximum absolute atomic E-state index is 11.1. The molecule has 0 unspecified atom stereocenters. The summed E-state index contributed by atoms with van der Waals surface area (Å²) in [5, 5.41) is 9.10. The van der Waals surface area contributed by atoms with E-state index in [1.807, 2.05) is 24.5 Å². The van der Waals surface area contributed by atoms with E-state index < -0.39 is 5.97 Å². The number of benzene rings is 1. The standard InChI is InChI=1S/C19H17NO2/c1-14-5-2-3-8-18(11-14)20-10-9-17(13-20)15-6-4-7-16(12-15)19(21)22/h2,4-13H,3H2,1H3,(H,21,22). The molecule has 3 heteroatoms. The highest BCUT2D eigenvalue weighted by atomic mass is 16.4. The number of carbonyl (C=O) groups is 1. The van der Waals surface area contributed by atoms with E-state index in [1.54, 1.807) is 18.2 Å². The molecule has 1 aromatic carbocycles. The number of aromatic carboxylic acids is 1. The number of rotatable bonds is 3. The molecule has 0 saturated heterocycles. The van der Waals surface area contributed by atoms with Crippen molar-refractivity contribution in [2.24, 2.45) is 0 Å². The van der Waals surface area contributed by atoms with Crippen molar-refractivity contribution in [1.29, 1.82) is 0 Å². The van der Waals surface area contributed by atoms with Gasteiger partial charge in [-0.3, -0.25) is 0 Å². The summed E-state index contributed by atoms with van der Waals surface area (Å²) in [6.45, 7) is 2.08. The second-order valence-corrected chi connectivity index (χ2v) is 5.35. The Morgan fingerprint density at radius 1 is 1.23 bits per heavy atom. The van der Waals surface area contributed by atoms with Crippen molar-refractivity contribution < 1.29 is 9.90 Å². The van der Waals surface area contributed by atoms with Gasteiger partial charge in [-0.15, -0.1) is 0 Å². The lowest BCUT2D eigenvalue weighted by Crippen LogP contribution is -1.95. The van der Waals surface area contributed by atoms with Gasteiger partial charge >= 0.3 is 5.97 Å². The van der Waals surface area contributed by atoms with E-state index in [4.69, 9.17) is 5.11 Å². The maximum atomic E-state index is 11.1. The Morgan fingerprint density at radius 2 is 2.09 bits per heavy atom. The van der Waals surface area contributed by atoms with Crippen LogP contribution in [0.2, 0.25) is 0 Å². The average Bonchev–Trinajstić information content (AvgIpc) is 2.91. The van der Waals surface area contributed by atoms with Crippen LogP contribution >= 0.6 is 0 Å². The number of hydrogen-bond acceptors (Lipinski definition) is 1. The van der Waals surface area contributed by atoms with Crippen LogP contribution in [-0.2, 0) is 0 Å². The first-order valence-corrected chi connectivity index (χ1v) is 7.20. The van der Waals surface area contributed by atoms with Gasteiger partial charge in [0.1, 0.15) is 0 Å². The minimum Gasteiger partial charge on any atom is -0.478 e. The SMILES string of the molecule is CC1=CC(n2ccc(-c3cccc(C(=O)O)c3)c2)=CCC=C1. The Morgan fingerprint density at radius 3 is 2.91 bits per heavy atom. The molecule has 0 radical (unpaired) electrons. The van der Waals surface area contributed by atoms with Crippen LogP contribution in [-0.4, -0.2) is 15.6 Å². The highest BCUT2D eigenvalue weighted by Gasteiger charge is 2.07. The highest BCUT2D eigenvalue weighted by molar-refractivity contribution is 5.89. The van der Waals surface area contributed by atoms with Crippen molar-refractivity contribution in [3.05, 3.63) is 78.2 Å². The molecular weight excluding hydrogens is 274 g/mol. The molecule has 1 aromatic heterocycles. The highest BCUT2D eigenvalue weighted by Crippen LogP contribution is 2.24. The van der Waals surface area contributed by atoms with E-state index in [2.05, 4.69) is 35.8 Å².